The van der Waals surface area contributed by atoms with Gasteiger partial charge in [0.1, 0.15) is 0 Å². The molecular formula is C16H32N2O. The Bertz CT molecular complexity index is 271. The summed E-state index contributed by atoms with van der Waals surface area (Å²) in [5, 5.41) is 10.1. The third-order valence-corrected chi connectivity index (χ3v) is 5.48. The van der Waals surface area contributed by atoms with Gasteiger partial charge in [-0.15, -0.1) is 0 Å². The fourth-order valence-electron chi connectivity index (χ4n) is 4.06. The molecule has 1 saturated heterocycles. The van der Waals surface area contributed by atoms with E-state index in [1.54, 1.807) is 0 Å². The Labute approximate surface area is 118 Å². The maximum atomic E-state index is 10.1. The molecule has 5 unspecified atom stereocenters. The summed E-state index contributed by atoms with van der Waals surface area (Å²) >= 11 is 0. The average Bonchev–Trinajstić information content (AvgIpc) is 2.42. The lowest BCUT2D eigenvalue weighted by atomic mass is 9.75. The zero-order valence-electron chi connectivity index (χ0n) is 12.7. The van der Waals surface area contributed by atoms with Crippen LogP contribution in [0, 0.1) is 17.8 Å². The number of nitrogens with zero attached hydrogens (tertiary/aromatic N) is 1. The molecule has 0 amide bonds. The number of rotatable bonds is 4. The third-order valence-electron chi connectivity index (χ3n) is 5.48. The minimum absolute atomic E-state index is 0.140. The van der Waals surface area contributed by atoms with Gasteiger partial charge in [-0.2, -0.15) is 0 Å². The van der Waals surface area contributed by atoms with Crippen molar-refractivity contribution in [2.24, 2.45) is 23.5 Å². The summed E-state index contributed by atoms with van der Waals surface area (Å²) in [6.07, 6.45) is 7.60. The van der Waals surface area contributed by atoms with E-state index in [0.717, 1.165) is 32.0 Å². The zero-order chi connectivity index (χ0) is 13.8. The molecule has 0 aromatic heterocycles. The van der Waals surface area contributed by atoms with E-state index in [1.165, 1.54) is 32.1 Å². The first-order chi connectivity index (χ1) is 9.15. The van der Waals surface area contributed by atoms with Gasteiger partial charge in [0.25, 0.3) is 0 Å². The molecule has 112 valence electrons. The number of aliphatic hydroxyl groups excluding tert-OH is 1. The summed E-state index contributed by atoms with van der Waals surface area (Å²) in [7, 11) is 0. The van der Waals surface area contributed by atoms with Crippen molar-refractivity contribution >= 4 is 0 Å². The quantitative estimate of drug-likeness (QED) is 0.822. The summed E-state index contributed by atoms with van der Waals surface area (Å²) in [5.41, 5.74) is 5.99. The van der Waals surface area contributed by atoms with Crippen molar-refractivity contribution < 1.29 is 5.11 Å². The molecule has 1 aliphatic heterocycles. The van der Waals surface area contributed by atoms with E-state index < -0.39 is 0 Å². The molecular weight excluding hydrogens is 236 g/mol. The zero-order valence-corrected chi connectivity index (χ0v) is 12.7. The molecule has 0 spiro atoms. The molecule has 2 aliphatic rings. The van der Waals surface area contributed by atoms with Crippen LogP contribution in [0.2, 0.25) is 0 Å². The van der Waals surface area contributed by atoms with Crippen LogP contribution in [0.4, 0.5) is 0 Å². The second-order valence-electron chi connectivity index (χ2n) is 6.86. The second kappa shape index (κ2) is 7.05. The molecule has 2 fully saturated rings. The summed E-state index contributed by atoms with van der Waals surface area (Å²) < 4.78 is 0. The monoisotopic (exact) mass is 268 g/mol. The van der Waals surface area contributed by atoms with Gasteiger partial charge in [0.05, 0.1) is 6.10 Å². The van der Waals surface area contributed by atoms with Gasteiger partial charge in [0.15, 0.2) is 0 Å². The van der Waals surface area contributed by atoms with Gasteiger partial charge < -0.3 is 10.8 Å². The van der Waals surface area contributed by atoms with E-state index >= 15 is 0 Å². The van der Waals surface area contributed by atoms with Crippen LogP contribution in [0.1, 0.15) is 52.4 Å². The highest BCUT2D eigenvalue weighted by Crippen LogP contribution is 2.35. The first-order valence-electron chi connectivity index (χ1n) is 8.27. The first kappa shape index (κ1) is 15.3. The molecule has 1 heterocycles. The van der Waals surface area contributed by atoms with Gasteiger partial charge in [-0.3, -0.25) is 4.90 Å². The Morgan fingerprint density at radius 1 is 1.26 bits per heavy atom. The standard InChI is InChI=1S/C16H32N2O/c1-3-4-13-5-6-14(10-17)15(9-13)18-8-7-12(2)16(19)11-18/h12-16,19H,3-11,17H2,1-2H3. The lowest BCUT2D eigenvalue weighted by Gasteiger charge is -2.46. The van der Waals surface area contributed by atoms with Gasteiger partial charge in [-0.25, -0.2) is 0 Å². The number of aliphatic hydroxyl groups is 1. The highest BCUT2D eigenvalue weighted by Gasteiger charge is 2.36. The number of hydrogen-bond acceptors (Lipinski definition) is 3. The largest absolute Gasteiger partial charge is 0.392 e. The Morgan fingerprint density at radius 3 is 2.68 bits per heavy atom. The fourth-order valence-corrected chi connectivity index (χ4v) is 4.06. The maximum absolute atomic E-state index is 10.1. The van der Waals surface area contributed by atoms with Gasteiger partial charge in [-0.05, 0) is 50.1 Å². The highest BCUT2D eigenvalue weighted by atomic mass is 16.3. The van der Waals surface area contributed by atoms with Crippen molar-refractivity contribution in [3.63, 3.8) is 0 Å². The van der Waals surface area contributed by atoms with Crippen LogP contribution in [0.15, 0.2) is 0 Å². The maximum Gasteiger partial charge on any atom is 0.0693 e. The lowest BCUT2D eigenvalue weighted by Crippen LogP contribution is -2.53. The number of β-amino-alcohol motifs (C(OH)–C–C–N with tert-alkyl or cyclic N) is 1. The number of nitrogens with two attached hydrogens (primary N) is 1. The topological polar surface area (TPSA) is 49.5 Å². The Hall–Kier alpha value is -0.120. The predicted molar refractivity (Wildman–Crippen MR) is 79.9 cm³/mol. The van der Waals surface area contributed by atoms with Crippen molar-refractivity contribution in [3.8, 4) is 0 Å². The van der Waals surface area contributed by atoms with Gasteiger partial charge in [0, 0.05) is 12.6 Å². The van der Waals surface area contributed by atoms with Crippen molar-refractivity contribution in [3.05, 3.63) is 0 Å². The molecule has 3 nitrogen and oxygen atoms in total. The SMILES string of the molecule is CCCC1CCC(CN)C(N2CCC(C)C(O)C2)C1. The molecule has 2 rings (SSSR count). The molecule has 1 aliphatic carbocycles. The van der Waals surface area contributed by atoms with E-state index in [1.807, 2.05) is 0 Å². The molecule has 0 aromatic rings. The molecule has 3 heteroatoms. The number of likely N-dealkylation sites (tertiary alicyclic amines) is 1. The van der Waals surface area contributed by atoms with E-state index in [0.29, 0.717) is 17.9 Å². The summed E-state index contributed by atoms with van der Waals surface area (Å²) in [6.45, 7) is 7.28. The van der Waals surface area contributed by atoms with Crippen LogP contribution in [0.25, 0.3) is 0 Å². The number of piperidine rings is 1. The normalized spacial score (nSPS) is 41.4. The Balaban J connectivity index is 1.97. The van der Waals surface area contributed by atoms with Crippen LogP contribution in [-0.2, 0) is 0 Å². The van der Waals surface area contributed by atoms with Gasteiger partial charge in [0.2, 0.25) is 0 Å². The Kier molecular flexibility index (Phi) is 5.67. The number of hydrogen-bond donors (Lipinski definition) is 2. The van der Waals surface area contributed by atoms with Crippen molar-refractivity contribution in [2.75, 3.05) is 19.6 Å². The van der Waals surface area contributed by atoms with Crippen LogP contribution in [0.5, 0.6) is 0 Å². The van der Waals surface area contributed by atoms with Crippen molar-refractivity contribution in [2.45, 2.75) is 64.5 Å². The predicted octanol–water partition coefficient (Wildman–Crippen LogP) is 2.23. The van der Waals surface area contributed by atoms with Crippen LogP contribution in [0.3, 0.4) is 0 Å². The molecule has 0 radical (unpaired) electrons. The van der Waals surface area contributed by atoms with E-state index in [-0.39, 0.29) is 6.10 Å². The van der Waals surface area contributed by atoms with E-state index in [9.17, 15) is 5.11 Å². The van der Waals surface area contributed by atoms with Crippen LogP contribution in [-0.4, -0.2) is 41.8 Å². The van der Waals surface area contributed by atoms with Crippen molar-refractivity contribution in [1.82, 2.24) is 4.90 Å². The molecule has 3 N–H and O–H groups in total. The summed E-state index contributed by atoms with van der Waals surface area (Å²) in [4.78, 5) is 2.55. The molecule has 0 bridgehead atoms. The lowest BCUT2D eigenvalue weighted by molar-refractivity contribution is -0.0183. The highest BCUT2D eigenvalue weighted by molar-refractivity contribution is 4.90. The van der Waals surface area contributed by atoms with E-state index in [4.69, 9.17) is 5.73 Å². The summed E-state index contributed by atoms with van der Waals surface area (Å²) in [6, 6.07) is 0.623. The second-order valence-corrected chi connectivity index (χ2v) is 6.86. The fraction of sp³-hybridized carbons (Fsp3) is 1.00. The molecule has 1 saturated carbocycles. The van der Waals surface area contributed by atoms with Crippen LogP contribution < -0.4 is 5.73 Å². The average molecular weight is 268 g/mol. The van der Waals surface area contributed by atoms with Gasteiger partial charge in [-0.1, -0.05) is 33.1 Å². The minimum Gasteiger partial charge on any atom is -0.392 e. The van der Waals surface area contributed by atoms with Crippen molar-refractivity contribution in [1.29, 1.82) is 0 Å². The smallest absolute Gasteiger partial charge is 0.0693 e. The Morgan fingerprint density at radius 2 is 2.05 bits per heavy atom. The minimum atomic E-state index is -0.140. The first-order valence-corrected chi connectivity index (χ1v) is 8.27. The third kappa shape index (κ3) is 3.71. The van der Waals surface area contributed by atoms with E-state index in [2.05, 4.69) is 18.7 Å². The molecule has 0 aromatic carbocycles. The molecule has 5 atom stereocenters. The molecule has 19 heavy (non-hydrogen) atoms. The summed E-state index contributed by atoms with van der Waals surface area (Å²) in [5.74, 6) is 1.99. The van der Waals surface area contributed by atoms with Crippen LogP contribution >= 0.6 is 0 Å². The van der Waals surface area contributed by atoms with Gasteiger partial charge >= 0.3 is 0 Å².